The SMILES string of the molecule is COc1ccc(CNC(=O)CCC(Cc2cn(C)c3ccccc23)N(C)C(=O)c2cc(C(F)(F)F)cc(C(F)(F)F)c2)cc1. The Morgan fingerprint density at radius 3 is 2.14 bits per heavy atom. The third-order valence-corrected chi connectivity index (χ3v) is 7.49. The maximum atomic E-state index is 13.5. The number of hydrogen-bond acceptors (Lipinski definition) is 3. The van der Waals surface area contributed by atoms with E-state index in [-0.39, 0.29) is 37.8 Å². The Hall–Kier alpha value is -4.48. The first-order valence-corrected chi connectivity index (χ1v) is 13.7. The van der Waals surface area contributed by atoms with Crippen LogP contribution < -0.4 is 10.1 Å². The van der Waals surface area contributed by atoms with Crippen LogP contribution in [-0.4, -0.2) is 41.5 Å². The van der Waals surface area contributed by atoms with Crippen LogP contribution in [-0.2, 0) is 37.2 Å². The summed E-state index contributed by atoms with van der Waals surface area (Å²) in [7, 11) is 4.69. The third-order valence-electron chi connectivity index (χ3n) is 7.49. The zero-order valence-electron chi connectivity index (χ0n) is 24.2. The number of fused-ring (bicyclic) bond motifs is 1. The fraction of sp³-hybridized carbons (Fsp3) is 0.312. The lowest BCUT2D eigenvalue weighted by atomic mass is 9.98. The lowest BCUT2D eigenvalue weighted by Crippen LogP contribution is -2.39. The van der Waals surface area contributed by atoms with Crippen molar-refractivity contribution in [3.8, 4) is 5.75 Å². The topological polar surface area (TPSA) is 63.6 Å². The second-order valence-electron chi connectivity index (χ2n) is 10.5. The predicted molar refractivity (Wildman–Crippen MR) is 153 cm³/mol. The number of hydrogen-bond donors (Lipinski definition) is 1. The summed E-state index contributed by atoms with van der Waals surface area (Å²) < 4.78 is 88.0. The molecule has 0 radical (unpaired) electrons. The molecule has 6 nitrogen and oxygen atoms in total. The number of ether oxygens (including phenoxy) is 1. The molecule has 2 amide bonds. The fourth-order valence-electron chi connectivity index (χ4n) is 5.05. The highest BCUT2D eigenvalue weighted by molar-refractivity contribution is 5.95. The molecule has 4 rings (SSSR count). The number of alkyl halides is 6. The zero-order valence-corrected chi connectivity index (χ0v) is 24.2. The van der Waals surface area contributed by atoms with Crippen LogP contribution in [0, 0.1) is 0 Å². The van der Waals surface area contributed by atoms with Crippen molar-refractivity contribution in [1.82, 2.24) is 14.8 Å². The van der Waals surface area contributed by atoms with Gasteiger partial charge in [-0.2, -0.15) is 26.3 Å². The van der Waals surface area contributed by atoms with Crippen molar-refractivity contribution in [2.45, 2.75) is 44.2 Å². The summed E-state index contributed by atoms with van der Waals surface area (Å²) in [5, 5.41) is 3.68. The number of nitrogens with one attached hydrogen (secondary N) is 1. The van der Waals surface area contributed by atoms with Crippen LogP contribution in [0.5, 0.6) is 5.75 Å². The Bertz CT molecular complexity index is 1590. The van der Waals surface area contributed by atoms with Crippen molar-refractivity contribution in [2.24, 2.45) is 7.05 Å². The minimum Gasteiger partial charge on any atom is -0.497 e. The van der Waals surface area contributed by atoms with Crippen LogP contribution in [0.4, 0.5) is 26.3 Å². The van der Waals surface area contributed by atoms with E-state index in [0.717, 1.165) is 26.9 Å². The maximum Gasteiger partial charge on any atom is 0.416 e. The highest BCUT2D eigenvalue weighted by atomic mass is 19.4. The molecule has 12 heteroatoms. The number of carbonyl (C=O) groups excluding carboxylic acids is 2. The van der Waals surface area contributed by atoms with E-state index in [1.807, 2.05) is 42.1 Å². The number of rotatable bonds is 10. The van der Waals surface area contributed by atoms with Crippen molar-refractivity contribution < 1.29 is 40.7 Å². The van der Waals surface area contributed by atoms with E-state index in [0.29, 0.717) is 17.9 Å². The monoisotopic (exact) mass is 619 g/mol. The molecule has 1 atom stereocenters. The van der Waals surface area contributed by atoms with Gasteiger partial charge in [0.1, 0.15) is 5.75 Å². The Morgan fingerprint density at radius 1 is 0.932 bits per heavy atom. The Kier molecular flexibility index (Phi) is 9.60. The van der Waals surface area contributed by atoms with Crippen LogP contribution in [0.1, 0.15) is 45.5 Å². The Labute approximate surface area is 250 Å². The van der Waals surface area contributed by atoms with E-state index in [2.05, 4.69) is 5.32 Å². The molecule has 44 heavy (non-hydrogen) atoms. The van der Waals surface area contributed by atoms with Gasteiger partial charge in [0.05, 0.1) is 18.2 Å². The van der Waals surface area contributed by atoms with Crippen LogP contribution in [0.25, 0.3) is 10.9 Å². The summed E-state index contributed by atoms with van der Waals surface area (Å²) in [6.45, 7) is 0.232. The van der Waals surface area contributed by atoms with E-state index >= 15 is 0 Å². The van der Waals surface area contributed by atoms with Crippen LogP contribution in [0.15, 0.2) is 72.9 Å². The largest absolute Gasteiger partial charge is 0.497 e. The van der Waals surface area contributed by atoms with E-state index in [4.69, 9.17) is 4.74 Å². The molecule has 234 valence electrons. The summed E-state index contributed by atoms with van der Waals surface area (Å²) in [6.07, 6.45) is -8.07. The van der Waals surface area contributed by atoms with E-state index in [1.54, 1.807) is 24.3 Å². The molecule has 3 aromatic carbocycles. The van der Waals surface area contributed by atoms with Gasteiger partial charge in [-0.25, -0.2) is 0 Å². The van der Waals surface area contributed by atoms with Gasteiger partial charge in [-0.15, -0.1) is 0 Å². The summed E-state index contributed by atoms with van der Waals surface area (Å²) in [4.78, 5) is 27.4. The Morgan fingerprint density at radius 2 is 1.55 bits per heavy atom. The van der Waals surface area contributed by atoms with E-state index in [9.17, 15) is 35.9 Å². The number of methoxy groups -OCH3 is 1. The normalized spacial score (nSPS) is 12.7. The highest BCUT2D eigenvalue weighted by Crippen LogP contribution is 2.37. The molecule has 0 bridgehead atoms. The van der Waals surface area contributed by atoms with E-state index in [1.165, 1.54) is 14.2 Å². The van der Waals surface area contributed by atoms with Crippen LogP contribution in [0.2, 0.25) is 0 Å². The summed E-state index contributed by atoms with van der Waals surface area (Å²) >= 11 is 0. The first kappa shape index (κ1) is 32.4. The predicted octanol–water partition coefficient (Wildman–Crippen LogP) is 7.00. The number of halogens is 6. The van der Waals surface area contributed by atoms with Gasteiger partial charge in [0.25, 0.3) is 5.91 Å². The van der Waals surface area contributed by atoms with Gasteiger partial charge in [-0.1, -0.05) is 30.3 Å². The quantitative estimate of drug-likeness (QED) is 0.195. The van der Waals surface area contributed by atoms with Gasteiger partial charge in [0.15, 0.2) is 0 Å². The van der Waals surface area contributed by atoms with Gasteiger partial charge in [0, 0.05) is 55.8 Å². The van der Waals surface area contributed by atoms with Gasteiger partial charge >= 0.3 is 12.4 Å². The first-order chi connectivity index (χ1) is 20.7. The second kappa shape index (κ2) is 13.0. The van der Waals surface area contributed by atoms with Crippen molar-refractivity contribution >= 4 is 22.7 Å². The second-order valence-corrected chi connectivity index (χ2v) is 10.5. The fourth-order valence-corrected chi connectivity index (χ4v) is 5.05. The number of nitrogens with zero attached hydrogens (tertiary/aromatic N) is 2. The minimum absolute atomic E-state index is 0.0163. The molecule has 0 fully saturated rings. The first-order valence-electron chi connectivity index (χ1n) is 13.7. The molecular formula is C32H31F6N3O3. The smallest absolute Gasteiger partial charge is 0.416 e. The molecule has 1 heterocycles. The lowest BCUT2D eigenvalue weighted by Gasteiger charge is -2.29. The molecule has 0 spiro atoms. The molecule has 0 saturated heterocycles. The molecule has 0 aliphatic carbocycles. The zero-order chi connectivity index (χ0) is 32.2. The summed E-state index contributed by atoms with van der Waals surface area (Å²) in [5.41, 5.74) is -1.36. The highest BCUT2D eigenvalue weighted by Gasteiger charge is 2.38. The molecule has 1 aromatic heterocycles. The van der Waals surface area contributed by atoms with Crippen molar-refractivity contribution in [2.75, 3.05) is 14.2 Å². The van der Waals surface area contributed by atoms with E-state index < -0.39 is 41.0 Å². The lowest BCUT2D eigenvalue weighted by molar-refractivity contribution is -0.143. The van der Waals surface area contributed by atoms with Crippen LogP contribution >= 0.6 is 0 Å². The van der Waals surface area contributed by atoms with Gasteiger partial charge < -0.3 is 19.5 Å². The maximum absolute atomic E-state index is 13.5. The number of para-hydroxylation sites is 1. The van der Waals surface area contributed by atoms with Crippen molar-refractivity contribution in [1.29, 1.82) is 0 Å². The molecule has 0 aliphatic heterocycles. The number of benzene rings is 3. The van der Waals surface area contributed by atoms with Gasteiger partial charge in [-0.3, -0.25) is 9.59 Å². The molecule has 0 aliphatic rings. The average molecular weight is 620 g/mol. The number of likely N-dealkylation sites (N-methyl/N-ethyl adjacent to an activating group) is 1. The number of carbonyl (C=O) groups is 2. The molecule has 1 unspecified atom stereocenters. The number of amides is 2. The third kappa shape index (κ3) is 7.72. The Balaban J connectivity index is 1.59. The summed E-state index contributed by atoms with van der Waals surface area (Å²) in [5.74, 6) is -0.694. The van der Waals surface area contributed by atoms with Crippen LogP contribution in [0.3, 0.4) is 0 Å². The molecule has 0 saturated carbocycles. The number of aromatic nitrogens is 1. The molecule has 1 N–H and O–H groups in total. The minimum atomic E-state index is -5.10. The van der Waals surface area contributed by atoms with Gasteiger partial charge in [0.2, 0.25) is 5.91 Å². The van der Waals surface area contributed by atoms with Crippen molar-refractivity contribution in [3.05, 3.63) is 101 Å². The molecular weight excluding hydrogens is 588 g/mol. The summed E-state index contributed by atoms with van der Waals surface area (Å²) in [6, 6.07) is 14.7. The average Bonchev–Trinajstić information content (AvgIpc) is 3.31. The number of aryl methyl sites for hydroxylation is 1. The molecule has 4 aromatic rings. The van der Waals surface area contributed by atoms with Gasteiger partial charge in [-0.05, 0) is 60.4 Å². The van der Waals surface area contributed by atoms with Crippen molar-refractivity contribution in [3.63, 3.8) is 0 Å². The standard InChI is InChI=1S/C32H31F6N3O3/c1-40-19-22(27-6-4-5-7-28(27)40)16-25(10-13-29(42)39-18-20-8-11-26(44-3)12-9-20)41(2)30(43)21-14-23(31(33,34)35)17-24(15-21)32(36,37)38/h4-9,11-12,14-15,17,19,25H,10,13,16,18H2,1-3H3,(H,39,42).